The highest BCUT2D eigenvalue weighted by molar-refractivity contribution is 7.18. The minimum atomic E-state index is -0.494. The lowest BCUT2D eigenvalue weighted by atomic mass is 10.1. The van der Waals surface area contributed by atoms with Crippen LogP contribution >= 0.6 is 11.3 Å². The van der Waals surface area contributed by atoms with Crippen molar-refractivity contribution in [2.45, 2.75) is 26.8 Å². The van der Waals surface area contributed by atoms with Crippen molar-refractivity contribution in [3.05, 3.63) is 62.0 Å². The molecule has 0 N–H and O–H groups in total. The maximum atomic E-state index is 13.9. The summed E-state index contributed by atoms with van der Waals surface area (Å²) >= 11 is 1.49. The maximum absolute atomic E-state index is 13.9. The Morgan fingerprint density at radius 3 is 2.88 bits per heavy atom. The van der Waals surface area contributed by atoms with E-state index in [-0.39, 0.29) is 11.1 Å². The number of hydrogen-bond acceptors (Lipinski definition) is 3. The third kappa shape index (κ3) is 2.21. The average molecular weight is 344 g/mol. The first-order valence-electron chi connectivity index (χ1n) is 7.62. The molecule has 0 radical (unpaired) electrons. The summed E-state index contributed by atoms with van der Waals surface area (Å²) < 4.78 is 28.9. The molecule has 3 aromatic rings. The van der Waals surface area contributed by atoms with Gasteiger partial charge in [0.2, 0.25) is 0 Å². The van der Waals surface area contributed by atoms with Gasteiger partial charge in [0.15, 0.2) is 0 Å². The molecule has 122 valence electrons. The molecule has 6 heteroatoms. The molecule has 0 aliphatic carbocycles. The van der Waals surface area contributed by atoms with Gasteiger partial charge < -0.3 is 0 Å². The quantitative estimate of drug-likeness (QED) is 0.660. The minimum Gasteiger partial charge on any atom is -0.292 e. The summed E-state index contributed by atoms with van der Waals surface area (Å²) in [6, 6.07) is 3.34. The predicted octanol–water partition coefficient (Wildman–Crippen LogP) is 4.30. The first kappa shape index (κ1) is 15.2. The number of aromatic nitrogens is 2. The molecular weight excluding hydrogens is 330 g/mol. The first-order chi connectivity index (χ1) is 11.5. The van der Waals surface area contributed by atoms with Crippen molar-refractivity contribution >= 4 is 33.2 Å². The smallest absolute Gasteiger partial charge is 0.262 e. The number of aryl methyl sites for hydroxylation is 2. The Kier molecular flexibility index (Phi) is 3.38. The molecule has 24 heavy (non-hydrogen) atoms. The van der Waals surface area contributed by atoms with Gasteiger partial charge in [-0.05, 0) is 55.7 Å². The molecule has 2 aromatic heterocycles. The Labute approximate surface area is 140 Å². The van der Waals surface area contributed by atoms with Gasteiger partial charge in [0.25, 0.3) is 5.56 Å². The van der Waals surface area contributed by atoms with Crippen molar-refractivity contribution in [2.24, 2.45) is 0 Å². The number of benzene rings is 1. The van der Waals surface area contributed by atoms with Crippen LogP contribution < -0.4 is 5.56 Å². The average Bonchev–Trinajstić information content (AvgIpc) is 3.06. The van der Waals surface area contributed by atoms with Crippen LogP contribution in [0.1, 0.15) is 28.2 Å². The molecule has 0 atom stereocenters. The van der Waals surface area contributed by atoms with E-state index in [4.69, 9.17) is 0 Å². The Hall–Kier alpha value is -2.34. The molecule has 3 heterocycles. The second-order valence-electron chi connectivity index (χ2n) is 5.94. The van der Waals surface area contributed by atoms with E-state index in [1.165, 1.54) is 11.3 Å². The van der Waals surface area contributed by atoms with Gasteiger partial charge in [0, 0.05) is 17.0 Å². The summed E-state index contributed by atoms with van der Waals surface area (Å²) in [4.78, 5) is 19.1. The summed E-state index contributed by atoms with van der Waals surface area (Å²) in [5.41, 5.74) is 1.84. The Balaban J connectivity index is 1.93. The lowest BCUT2D eigenvalue weighted by Gasteiger charge is -2.04. The van der Waals surface area contributed by atoms with Gasteiger partial charge >= 0.3 is 0 Å². The fraction of sp³-hybridized carbons (Fsp3) is 0.222. The summed E-state index contributed by atoms with van der Waals surface area (Å²) in [6.07, 6.45) is 2.16. The molecule has 3 nitrogen and oxygen atoms in total. The molecule has 0 spiro atoms. The minimum absolute atomic E-state index is 0.0556. The van der Waals surface area contributed by atoms with Crippen LogP contribution in [0.2, 0.25) is 0 Å². The second kappa shape index (κ2) is 5.34. The van der Waals surface area contributed by atoms with E-state index < -0.39 is 11.6 Å². The van der Waals surface area contributed by atoms with Crippen LogP contribution in [0.15, 0.2) is 23.0 Å². The second-order valence-corrected chi connectivity index (χ2v) is 7.14. The normalized spacial score (nSPS) is 15.4. The van der Waals surface area contributed by atoms with Gasteiger partial charge in [-0.2, -0.15) is 0 Å². The third-order valence-corrected chi connectivity index (χ3v) is 5.57. The Morgan fingerprint density at radius 1 is 1.29 bits per heavy atom. The zero-order valence-electron chi connectivity index (χ0n) is 13.2. The van der Waals surface area contributed by atoms with Crippen molar-refractivity contribution < 1.29 is 8.78 Å². The molecule has 0 unspecified atom stereocenters. The highest BCUT2D eigenvalue weighted by atomic mass is 32.1. The van der Waals surface area contributed by atoms with E-state index in [9.17, 15) is 13.6 Å². The van der Waals surface area contributed by atoms with E-state index in [1.807, 2.05) is 13.8 Å². The van der Waals surface area contributed by atoms with Crippen LogP contribution in [-0.4, -0.2) is 9.55 Å². The zero-order valence-corrected chi connectivity index (χ0v) is 14.0. The number of thiophene rings is 1. The standard InChI is InChI=1S/C18H14F2N2OS/c1-9-10(2)24-17-15(9)18(23)22-6-5-11(16(22)21-17)7-12-8-13(19)3-4-14(12)20/h3-4,7-8H,5-6H2,1-2H3/b11-7-. The number of halogens is 2. The fourth-order valence-electron chi connectivity index (χ4n) is 3.07. The molecule has 0 saturated carbocycles. The van der Waals surface area contributed by atoms with Gasteiger partial charge in [-0.3, -0.25) is 9.36 Å². The summed E-state index contributed by atoms with van der Waals surface area (Å²) in [6.45, 7) is 4.40. The SMILES string of the molecule is Cc1sc2nc3n(c(=O)c2c1C)CC/C3=C/c1cc(F)ccc1F. The van der Waals surface area contributed by atoms with Crippen molar-refractivity contribution in [1.82, 2.24) is 9.55 Å². The third-order valence-electron chi connectivity index (χ3n) is 4.47. The largest absolute Gasteiger partial charge is 0.292 e. The lowest BCUT2D eigenvalue weighted by molar-refractivity contribution is 0.598. The highest BCUT2D eigenvalue weighted by Gasteiger charge is 2.23. The van der Waals surface area contributed by atoms with Crippen LogP contribution in [0.5, 0.6) is 0 Å². The van der Waals surface area contributed by atoms with Crippen LogP contribution in [0.3, 0.4) is 0 Å². The molecule has 0 amide bonds. The Morgan fingerprint density at radius 2 is 2.08 bits per heavy atom. The summed E-state index contributed by atoms with van der Waals surface area (Å²) in [7, 11) is 0. The van der Waals surface area contributed by atoms with E-state index in [0.717, 1.165) is 34.2 Å². The topological polar surface area (TPSA) is 34.9 Å². The number of fused-ring (bicyclic) bond motifs is 2. The number of rotatable bonds is 1. The molecular formula is C18H14F2N2OS. The van der Waals surface area contributed by atoms with E-state index in [0.29, 0.717) is 29.0 Å². The van der Waals surface area contributed by atoms with Gasteiger partial charge in [0.05, 0.1) is 5.39 Å². The van der Waals surface area contributed by atoms with E-state index >= 15 is 0 Å². The molecule has 1 aromatic carbocycles. The fourth-order valence-corrected chi connectivity index (χ4v) is 4.09. The molecule has 0 fully saturated rings. The van der Waals surface area contributed by atoms with Crippen LogP contribution in [-0.2, 0) is 6.54 Å². The van der Waals surface area contributed by atoms with Crippen molar-refractivity contribution in [3.63, 3.8) is 0 Å². The molecule has 1 aliphatic rings. The predicted molar refractivity (Wildman–Crippen MR) is 92.2 cm³/mol. The van der Waals surface area contributed by atoms with Crippen LogP contribution in [0, 0.1) is 25.5 Å². The maximum Gasteiger partial charge on any atom is 0.262 e. The molecule has 1 aliphatic heterocycles. The van der Waals surface area contributed by atoms with Gasteiger partial charge in [-0.25, -0.2) is 13.8 Å². The summed E-state index contributed by atoms with van der Waals surface area (Å²) in [5, 5.41) is 0.666. The number of hydrogen-bond donors (Lipinski definition) is 0. The highest BCUT2D eigenvalue weighted by Crippen LogP contribution is 2.32. The number of nitrogens with zero attached hydrogens (tertiary/aromatic N) is 2. The van der Waals surface area contributed by atoms with Crippen molar-refractivity contribution in [3.8, 4) is 0 Å². The number of allylic oxidation sites excluding steroid dienone is 1. The Bertz CT molecular complexity index is 1080. The molecule has 4 rings (SSSR count). The lowest BCUT2D eigenvalue weighted by Crippen LogP contribution is -2.20. The van der Waals surface area contributed by atoms with Crippen LogP contribution in [0.25, 0.3) is 21.9 Å². The van der Waals surface area contributed by atoms with Crippen LogP contribution in [0.4, 0.5) is 8.78 Å². The van der Waals surface area contributed by atoms with E-state index in [2.05, 4.69) is 4.98 Å². The van der Waals surface area contributed by atoms with Gasteiger partial charge in [0.1, 0.15) is 22.3 Å². The zero-order chi connectivity index (χ0) is 17.0. The van der Waals surface area contributed by atoms with Crippen molar-refractivity contribution in [2.75, 3.05) is 0 Å². The monoisotopic (exact) mass is 344 g/mol. The van der Waals surface area contributed by atoms with Crippen molar-refractivity contribution in [1.29, 1.82) is 0 Å². The van der Waals surface area contributed by atoms with E-state index in [1.54, 1.807) is 10.6 Å². The first-order valence-corrected chi connectivity index (χ1v) is 8.44. The molecule has 0 saturated heterocycles. The van der Waals surface area contributed by atoms with Gasteiger partial charge in [-0.1, -0.05) is 0 Å². The summed E-state index contributed by atoms with van der Waals surface area (Å²) in [5.74, 6) is -0.433. The van der Waals surface area contributed by atoms with Gasteiger partial charge in [-0.15, -0.1) is 11.3 Å². The molecule has 0 bridgehead atoms.